The molecule has 2 fully saturated rings. The van der Waals surface area contributed by atoms with Crippen LogP contribution >= 0.6 is 11.6 Å². The topological polar surface area (TPSA) is 49.2 Å². The van der Waals surface area contributed by atoms with Gasteiger partial charge in [-0.1, -0.05) is 16.8 Å². The minimum atomic E-state index is -0.429. The predicted molar refractivity (Wildman–Crippen MR) is 94.5 cm³/mol. The largest absolute Gasteiger partial charge is 0.314 e. The van der Waals surface area contributed by atoms with Crippen molar-refractivity contribution in [3.63, 3.8) is 0 Å². The first-order chi connectivity index (χ1) is 12.2. The van der Waals surface area contributed by atoms with Crippen molar-refractivity contribution < 1.29 is 4.39 Å². The second kappa shape index (κ2) is 7.37. The van der Waals surface area contributed by atoms with Crippen molar-refractivity contribution in [2.45, 2.75) is 19.0 Å². The Balaban J connectivity index is 1.37. The standard InChI is InChI=1S/C17H22ClFN6/c18-16-9-14(1-2-17(16)19)25-11-13(21-22-25)10-23-6-3-15(12-23)24-7-4-20-5-8-24/h1-2,9,11,15,20H,3-8,10,12H2. The monoisotopic (exact) mass is 364 g/mol. The Kier molecular flexibility index (Phi) is 4.98. The molecule has 6 nitrogen and oxygen atoms in total. The summed E-state index contributed by atoms with van der Waals surface area (Å²) >= 11 is 5.84. The third-order valence-corrected chi connectivity index (χ3v) is 5.30. The third-order valence-electron chi connectivity index (χ3n) is 5.01. The van der Waals surface area contributed by atoms with E-state index >= 15 is 0 Å². The molecular formula is C17H22ClFN6. The summed E-state index contributed by atoms with van der Waals surface area (Å²) in [7, 11) is 0. The maximum atomic E-state index is 13.3. The first-order valence-electron chi connectivity index (χ1n) is 8.73. The Labute approximate surface area is 151 Å². The molecule has 0 saturated carbocycles. The number of rotatable bonds is 4. The maximum absolute atomic E-state index is 13.3. The molecule has 0 bridgehead atoms. The summed E-state index contributed by atoms with van der Waals surface area (Å²) in [4.78, 5) is 5.02. The number of nitrogens with one attached hydrogen (secondary N) is 1. The molecule has 1 aromatic carbocycles. The van der Waals surface area contributed by atoms with E-state index in [4.69, 9.17) is 11.6 Å². The number of likely N-dealkylation sites (tertiary alicyclic amines) is 1. The van der Waals surface area contributed by atoms with Crippen LogP contribution in [0.25, 0.3) is 5.69 Å². The zero-order valence-corrected chi connectivity index (χ0v) is 14.8. The average Bonchev–Trinajstić information content (AvgIpc) is 3.28. The minimum Gasteiger partial charge on any atom is -0.314 e. The quantitative estimate of drug-likeness (QED) is 0.891. The number of hydrogen-bond donors (Lipinski definition) is 1. The van der Waals surface area contributed by atoms with E-state index in [9.17, 15) is 4.39 Å². The summed E-state index contributed by atoms with van der Waals surface area (Å²) in [5.41, 5.74) is 1.63. The van der Waals surface area contributed by atoms with Crippen molar-refractivity contribution in [1.82, 2.24) is 30.1 Å². The second-order valence-corrected chi connectivity index (χ2v) is 7.12. The molecule has 2 aliphatic heterocycles. The summed E-state index contributed by atoms with van der Waals surface area (Å²) in [5, 5.41) is 11.9. The van der Waals surface area contributed by atoms with Gasteiger partial charge in [0.15, 0.2) is 0 Å². The summed E-state index contributed by atoms with van der Waals surface area (Å²) in [5.74, 6) is -0.429. The molecule has 1 atom stereocenters. The van der Waals surface area contributed by atoms with Crippen molar-refractivity contribution in [1.29, 1.82) is 0 Å². The van der Waals surface area contributed by atoms with Gasteiger partial charge in [0.2, 0.25) is 0 Å². The van der Waals surface area contributed by atoms with Crippen molar-refractivity contribution in [3.05, 3.63) is 40.9 Å². The summed E-state index contributed by atoms with van der Waals surface area (Å²) in [6.45, 7) is 7.41. The second-order valence-electron chi connectivity index (χ2n) is 6.72. The van der Waals surface area contributed by atoms with E-state index in [1.54, 1.807) is 16.8 Å². The molecule has 1 N–H and O–H groups in total. The molecule has 0 aliphatic carbocycles. The van der Waals surface area contributed by atoms with Gasteiger partial charge in [-0.15, -0.1) is 5.10 Å². The third kappa shape index (κ3) is 3.84. The van der Waals surface area contributed by atoms with Crippen LogP contribution in [0.1, 0.15) is 12.1 Å². The fraction of sp³-hybridized carbons (Fsp3) is 0.529. The Morgan fingerprint density at radius 1 is 1.24 bits per heavy atom. The lowest BCUT2D eigenvalue weighted by Crippen LogP contribution is -2.49. The fourth-order valence-electron chi connectivity index (χ4n) is 3.65. The lowest BCUT2D eigenvalue weighted by Gasteiger charge is -2.32. The van der Waals surface area contributed by atoms with Crippen molar-refractivity contribution in [2.24, 2.45) is 0 Å². The van der Waals surface area contributed by atoms with Gasteiger partial charge >= 0.3 is 0 Å². The Morgan fingerprint density at radius 2 is 2.08 bits per heavy atom. The molecular weight excluding hydrogens is 343 g/mol. The van der Waals surface area contributed by atoms with Gasteiger partial charge in [0.25, 0.3) is 0 Å². The molecule has 1 unspecified atom stereocenters. The zero-order chi connectivity index (χ0) is 17.2. The SMILES string of the molecule is Fc1ccc(-n2cc(CN3CCC(N4CCNCC4)C3)nn2)cc1Cl. The number of aromatic nitrogens is 3. The van der Waals surface area contributed by atoms with Crippen LogP contribution in [0.5, 0.6) is 0 Å². The van der Waals surface area contributed by atoms with Gasteiger partial charge in [-0.05, 0) is 24.6 Å². The van der Waals surface area contributed by atoms with Gasteiger partial charge in [-0.3, -0.25) is 9.80 Å². The van der Waals surface area contributed by atoms with Gasteiger partial charge in [0, 0.05) is 51.9 Å². The number of nitrogens with zero attached hydrogens (tertiary/aromatic N) is 5. The van der Waals surface area contributed by atoms with Crippen molar-refractivity contribution >= 4 is 11.6 Å². The molecule has 0 spiro atoms. The van der Waals surface area contributed by atoms with E-state index in [0.717, 1.165) is 51.5 Å². The Bertz CT molecular complexity index is 730. The predicted octanol–water partition coefficient (Wildman–Crippen LogP) is 1.54. The van der Waals surface area contributed by atoms with E-state index in [2.05, 4.69) is 25.4 Å². The van der Waals surface area contributed by atoms with Crippen LogP contribution < -0.4 is 5.32 Å². The molecule has 2 aliphatic rings. The molecule has 0 radical (unpaired) electrons. The van der Waals surface area contributed by atoms with Gasteiger partial charge in [0.1, 0.15) is 5.82 Å². The van der Waals surface area contributed by atoms with Crippen LogP contribution in [-0.4, -0.2) is 70.1 Å². The lowest BCUT2D eigenvalue weighted by molar-refractivity contribution is 0.170. The van der Waals surface area contributed by atoms with E-state index in [-0.39, 0.29) is 5.02 Å². The summed E-state index contributed by atoms with van der Waals surface area (Å²) in [6, 6.07) is 5.20. The highest BCUT2D eigenvalue weighted by Crippen LogP contribution is 2.20. The van der Waals surface area contributed by atoms with Gasteiger partial charge in [-0.25, -0.2) is 9.07 Å². The molecule has 4 rings (SSSR count). The van der Waals surface area contributed by atoms with Crippen LogP contribution in [0.15, 0.2) is 24.4 Å². The summed E-state index contributed by atoms with van der Waals surface area (Å²) < 4.78 is 14.9. The van der Waals surface area contributed by atoms with Crippen molar-refractivity contribution in [3.8, 4) is 5.69 Å². The van der Waals surface area contributed by atoms with Gasteiger partial charge in [0.05, 0.1) is 22.6 Å². The van der Waals surface area contributed by atoms with E-state index in [1.807, 2.05) is 6.20 Å². The highest BCUT2D eigenvalue weighted by atomic mass is 35.5. The van der Waals surface area contributed by atoms with Gasteiger partial charge in [-0.2, -0.15) is 0 Å². The molecule has 134 valence electrons. The fourth-order valence-corrected chi connectivity index (χ4v) is 3.83. The van der Waals surface area contributed by atoms with Gasteiger partial charge < -0.3 is 5.32 Å². The number of hydrogen-bond acceptors (Lipinski definition) is 5. The Morgan fingerprint density at radius 3 is 2.88 bits per heavy atom. The van der Waals surface area contributed by atoms with Crippen LogP contribution in [0.2, 0.25) is 5.02 Å². The normalized spacial score (nSPS) is 22.6. The molecule has 25 heavy (non-hydrogen) atoms. The van der Waals surface area contributed by atoms with Crippen LogP contribution in [0.3, 0.4) is 0 Å². The van der Waals surface area contributed by atoms with E-state index in [0.29, 0.717) is 11.7 Å². The highest BCUT2D eigenvalue weighted by molar-refractivity contribution is 6.30. The molecule has 2 saturated heterocycles. The lowest BCUT2D eigenvalue weighted by atomic mass is 10.2. The Hall–Kier alpha value is -1.54. The highest BCUT2D eigenvalue weighted by Gasteiger charge is 2.28. The van der Waals surface area contributed by atoms with Crippen molar-refractivity contribution in [2.75, 3.05) is 39.3 Å². The first kappa shape index (κ1) is 16.9. The average molecular weight is 365 g/mol. The van der Waals surface area contributed by atoms with Crippen LogP contribution in [0, 0.1) is 5.82 Å². The first-order valence-corrected chi connectivity index (χ1v) is 9.10. The molecule has 8 heteroatoms. The number of halogens is 2. The number of benzene rings is 1. The van der Waals surface area contributed by atoms with E-state index < -0.39 is 5.82 Å². The minimum absolute atomic E-state index is 0.0907. The molecule has 0 amide bonds. The molecule has 2 aromatic rings. The zero-order valence-electron chi connectivity index (χ0n) is 14.0. The van der Waals surface area contributed by atoms with Crippen LogP contribution in [-0.2, 0) is 6.54 Å². The maximum Gasteiger partial charge on any atom is 0.141 e. The van der Waals surface area contributed by atoms with Crippen LogP contribution in [0.4, 0.5) is 4.39 Å². The number of piperazine rings is 1. The van der Waals surface area contributed by atoms with E-state index in [1.165, 1.54) is 12.5 Å². The smallest absolute Gasteiger partial charge is 0.141 e. The molecule has 1 aromatic heterocycles. The summed E-state index contributed by atoms with van der Waals surface area (Å²) in [6.07, 6.45) is 3.10. The molecule has 3 heterocycles.